The molecule has 1 fully saturated rings. The van der Waals surface area contributed by atoms with Crippen LogP contribution in [0.3, 0.4) is 0 Å². The van der Waals surface area contributed by atoms with Gasteiger partial charge in [-0.3, -0.25) is 4.90 Å². The Kier molecular flexibility index (Phi) is 5.19. The molecule has 0 aliphatic carbocycles. The van der Waals surface area contributed by atoms with Gasteiger partial charge in [0, 0.05) is 19.6 Å². The highest BCUT2D eigenvalue weighted by atomic mass is 32.2. The van der Waals surface area contributed by atoms with Crippen molar-refractivity contribution in [2.24, 2.45) is 0 Å². The van der Waals surface area contributed by atoms with Crippen molar-refractivity contribution >= 4 is 10.0 Å². The number of benzene rings is 1. The van der Waals surface area contributed by atoms with E-state index in [1.807, 2.05) is 14.0 Å². The van der Waals surface area contributed by atoms with Crippen molar-refractivity contribution in [3.05, 3.63) is 41.5 Å². The van der Waals surface area contributed by atoms with Crippen molar-refractivity contribution < 1.29 is 12.9 Å². The van der Waals surface area contributed by atoms with Crippen molar-refractivity contribution in [2.45, 2.75) is 30.8 Å². The minimum atomic E-state index is -3.65. The lowest BCUT2D eigenvalue weighted by Crippen LogP contribution is -2.44. The van der Waals surface area contributed by atoms with Gasteiger partial charge in [0.2, 0.25) is 15.9 Å². The summed E-state index contributed by atoms with van der Waals surface area (Å²) in [7, 11) is -1.65. The van der Waals surface area contributed by atoms with E-state index < -0.39 is 16.1 Å². The molecule has 0 spiro atoms. The molecular formula is C16H23N5O3S. The van der Waals surface area contributed by atoms with E-state index in [4.69, 9.17) is 4.52 Å². The van der Waals surface area contributed by atoms with E-state index in [1.54, 1.807) is 31.2 Å². The van der Waals surface area contributed by atoms with Crippen molar-refractivity contribution in [1.82, 2.24) is 25.1 Å². The van der Waals surface area contributed by atoms with Crippen LogP contribution in [0.15, 0.2) is 33.7 Å². The maximum atomic E-state index is 12.5. The summed E-state index contributed by atoms with van der Waals surface area (Å²) in [6, 6.07) is 6.08. The summed E-state index contributed by atoms with van der Waals surface area (Å²) in [5, 5.41) is 7.31. The van der Waals surface area contributed by atoms with E-state index in [-0.39, 0.29) is 16.8 Å². The molecule has 1 aliphatic heterocycles. The number of aryl methyl sites for hydroxylation is 1. The summed E-state index contributed by atoms with van der Waals surface area (Å²) >= 11 is 0. The molecule has 136 valence electrons. The van der Waals surface area contributed by atoms with Crippen LogP contribution < -0.4 is 10.0 Å². The van der Waals surface area contributed by atoms with Crippen LogP contribution in [0.4, 0.5) is 0 Å². The van der Waals surface area contributed by atoms with Gasteiger partial charge in [0.05, 0.1) is 17.0 Å². The highest BCUT2D eigenvalue weighted by Crippen LogP contribution is 2.21. The lowest BCUT2D eigenvalue weighted by atomic mass is 10.2. The largest absolute Gasteiger partial charge is 0.338 e. The highest BCUT2D eigenvalue weighted by Gasteiger charge is 2.28. The first-order chi connectivity index (χ1) is 11.9. The third kappa shape index (κ3) is 4.06. The van der Waals surface area contributed by atoms with E-state index in [2.05, 4.69) is 25.1 Å². The number of nitrogens with one attached hydrogen (secondary N) is 2. The van der Waals surface area contributed by atoms with E-state index in [9.17, 15) is 8.42 Å². The number of piperazine rings is 1. The molecule has 1 saturated heterocycles. The molecule has 2 aromatic rings. The topological polar surface area (TPSA) is 100 Å². The fraction of sp³-hybridized carbons (Fsp3) is 0.500. The lowest BCUT2D eigenvalue weighted by molar-refractivity contribution is 0.190. The van der Waals surface area contributed by atoms with Crippen molar-refractivity contribution in [3.63, 3.8) is 0 Å². The fourth-order valence-corrected chi connectivity index (χ4v) is 3.92. The van der Waals surface area contributed by atoms with Gasteiger partial charge in [0.15, 0.2) is 5.82 Å². The Morgan fingerprint density at radius 3 is 2.76 bits per heavy atom. The number of likely N-dealkylation sites (N-methyl/N-ethyl adjacent to an activating group) is 1. The van der Waals surface area contributed by atoms with Crippen LogP contribution >= 0.6 is 0 Å². The van der Waals surface area contributed by atoms with Crippen LogP contribution in [0.5, 0.6) is 0 Å². The molecule has 2 heterocycles. The smallest absolute Gasteiger partial charge is 0.244 e. The van der Waals surface area contributed by atoms with Gasteiger partial charge < -0.3 is 9.84 Å². The number of rotatable bonds is 5. The van der Waals surface area contributed by atoms with Crippen LogP contribution in [-0.4, -0.2) is 50.1 Å². The first-order valence-corrected chi connectivity index (χ1v) is 9.68. The summed E-state index contributed by atoms with van der Waals surface area (Å²) in [6.07, 6.45) is 0. The second-order valence-corrected chi connectivity index (χ2v) is 8.06. The molecule has 1 aromatic carbocycles. The van der Waals surface area contributed by atoms with Crippen LogP contribution in [-0.2, 0) is 10.0 Å². The Morgan fingerprint density at radius 2 is 2.08 bits per heavy atom. The third-order valence-corrected chi connectivity index (χ3v) is 5.86. The van der Waals surface area contributed by atoms with Gasteiger partial charge in [-0.1, -0.05) is 22.9 Å². The minimum absolute atomic E-state index is 0.0205. The normalized spacial score (nSPS) is 20.5. The summed E-state index contributed by atoms with van der Waals surface area (Å²) in [5.74, 6) is 0.816. The first kappa shape index (κ1) is 18.0. The van der Waals surface area contributed by atoms with Crippen LogP contribution in [0, 0.1) is 6.92 Å². The van der Waals surface area contributed by atoms with Gasteiger partial charge in [0.1, 0.15) is 0 Å². The lowest BCUT2D eigenvalue weighted by Gasteiger charge is -2.30. The van der Waals surface area contributed by atoms with Gasteiger partial charge in [0.25, 0.3) is 0 Å². The van der Waals surface area contributed by atoms with E-state index in [0.29, 0.717) is 5.82 Å². The molecule has 0 saturated carbocycles. The van der Waals surface area contributed by atoms with Gasteiger partial charge in [-0.05, 0) is 33.0 Å². The van der Waals surface area contributed by atoms with Crippen LogP contribution in [0.1, 0.15) is 36.3 Å². The SMILES string of the molecule is Cc1ccc(S(=O)(=O)NC(C)c2nc(C3CNCCN3C)no2)cc1. The number of aromatic nitrogens is 2. The maximum absolute atomic E-state index is 12.5. The Hall–Kier alpha value is -1.81. The van der Waals surface area contributed by atoms with Crippen molar-refractivity contribution in [3.8, 4) is 0 Å². The van der Waals surface area contributed by atoms with Crippen LogP contribution in [0.2, 0.25) is 0 Å². The average molecular weight is 365 g/mol. The predicted octanol–water partition coefficient (Wildman–Crippen LogP) is 0.994. The van der Waals surface area contributed by atoms with E-state index in [1.165, 1.54) is 0 Å². The molecule has 0 bridgehead atoms. The second-order valence-electron chi connectivity index (χ2n) is 6.35. The molecule has 9 heteroatoms. The molecule has 2 atom stereocenters. The molecule has 2 N–H and O–H groups in total. The second kappa shape index (κ2) is 7.20. The molecular weight excluding hydrogens is 342 g/mol. The van der Waals surface area contributed by atoms with Gasteiger partial charge in [-0.2, -0.15) is 9.71 Å². The molecule has 3 rings (SSSR count). The average Bonchev–Trinajstić information content (AvgIpc) is 3.05. The maximum Gasteiger partial charge on any atom is 0.244 e. The van der Waals surface area contributed by atoms with Gasteiger partial charge in [-0.25, -0.2) is 8.42 Å². The van der Waals surface area contributed by atoms with Crippen molar-refractivity contribution in [1.29, 1.82) is 0 Å². The molecule has 0 amide bonds. The monoisotopic (exact) mass is 365 g/mol. The summed E-state index contributed by atoms with van der Waals surface area (Å²) in [6.45, 7) is 6.14. The predicted molar refractivity (Wildman–Crippen MR) is 92.5 cm³/mol. The zero-order chi connectivity index (χ0) is 18.0. The molecule has 8 nitrogen and oxygen atoms in total. The first-order valence-electron chi connectivity index (χ1n) is 8.20. The van der Waals surface area contributed by atoms with Gasteiger partial charge >= 0.3 is 0 Å². The molecule has 25 heavy (non-hydrogen) atoms. The fourth-order valence-electron chi connectivity index (χ4n) is 2.72. The van der Waals surface area contributed by atoms with Gasteiger partial charge in [-0.15, -0.1) is 0 Å². The quantitative estimate of drug-likeness (QED) is 0.815. The minimum Gasteiger partial charge on any atom is -0.338 e. The summed E-state index contributed by atoms with van der Waals surface area (Å²) < 4.78 is 32.8. The standard InChI is InChI=1S/C16H23N5O3S/c1-11-4-6-13(7-5-11)25(22,23)20-12(2)16-18-15(19-24-16)14-10-17-8-9-21(14)3/h4-7,12,14,17,20H,8-10H2,1-3H3. The Bertz CT molecular complexity index is 819. The highest BCUT2D eigenvalue weighted by molar-refractivity contribution is 7.89. The number of hydrogen-bond donors (Lipinski definition) is 2. The van der Waals surface area contributed by atoms with Crippen LogP contribution in [0.25, 0.3) is 0 Å². The number of nitrogens with zero attached hydrogens (tertiary/aromatic N) is 3. The third-order valence-electron chi connectivity index (χ3n) is 4.30. The zero-order valence-electron chi connectivity index (χ0n) is 14.6. The van der Waals surface area contributed by atoms with E-state index in [0.717, 1.165) is 25.2 Å². The number of sulfonamides is 1. The summed E-state index contributed by atoms with van der Waals surface area (Å²) in [5.41, 5.74) is 0.999. The molecule has 1 aromatic heterocycles. The zero-order valence-corrected chi connectivity index (χ0v) is 15.4. The Morgan fingerprint density at radius 1 is 1.36 bits per heavy atom. The molecule has 2 unspecified atom stereocenters. The van der Waals surface area contributed by atoms with E-state index >= 15 is 0 Å². The molecule has 0 radical (unpaired) electrons. The van der Waals surface area contributed by atoms with Crippen molar-refractivity contribution in [2.75, 3.05) is 26.7 Å². The Balaban J connectivity index is 1.73. The number of hydrogen-bond acceptors (Lipinski definition) is 7. The summed E-state index contributed by atoms with van der Waals surface area (Å²) in [4.78, 5) is 6.74. The molecule has 1 aliphatic rings. The Labute approximate surface area is 147 Å².